The van der Waals surface area contributed by atoms with E-state index in [4.69, 9.17) is 4.74 Å². The number of H-pyrrole nitrogens is 1. The Kier molecular flexibility index (Phi) is 6.76. The lowest BCUT2D eigenvalue weighted by atomic mass is 10.1. The maximum Gasteiger partial charge on any atom is 0.254 e. The highest BCUT2D eigenvalue weighted by Gasteiger charge is 2.24. The summed E-state index contributed by atoms with van der Waals surface area (Å²) in [7, 11) is 0. The number of hydrogen-bond acceptors (Lipinski definition) is 5. The second-order valence-corrected chi connectivity index (χ2v) is 8.19. The normalized spacial score (nSPS) is 16.0. The molecule has 4 rings (SSSR count). The van der Waals surface area contributed by atoms with Gasteiger partial charge in [0.2, 0.25) is 0 Å². The topological polar surface area (TPSA) is 71.1 Å². The minimum absolute atomic E-state index is 0.0279. The van der Waals surface area contributed by atoms with Crippen molar-refractivity contribution in [2.45, 2.75) is 36.4 Å². The van der Waals surface area contributed by atoms with Gasteiger partial charge in [0.15, 0.2) is 5.16 Å². The van der Waals surface area contributed by atoms with Crippen molar-refractivity contribution >= 4 is 17.7 Å². The van der Waals surface area contributed by atoms with Crippen LogP contribution in [-0.2, 0) is 17.0 Å². The summed E-state index contributed by atoms with van der Waals surface area (Å²) >= 11 is 1.55. The molecule has 1 aromatic heterocycles. The summed E-state index contributed by atoms with van der Waals surface area (Å²) in [5.41, 5.74) is 2.46. The molecule has 1 aliphatic rings. The Morgan fingerprint density at radius 1 is 1.23 bits per heavy atom. The van der Waals surface area contributed by atoms with E-state index in [2.05, 4.69) is 15.2 Å². The minimum Gasteiger partial charge on any atom is -0.376 e. The van der Waals surface area contributed by atoms with Gasteiger partial charge in [-0.25, -0.2) is 9.37 Å². The number of nitrogens with one attached hydrogen (secondary N) is 1. The molecule has 1 unspecified atom stereocenters. The monoisotopic (exact) mass is 426 g/mol. The molecular weight excluding hydrogens is 403 g/mol. The van der Waals surface area contributed by atoms with Crippen molar-refractivity contribution in [3.8, 4) is 0 Å². The molecule has 3 aromatic rings. The van der Waals surface area contributed by atoms with Crippen LogP contribution in [0, 0.1) is 5.82 Å². The van der Waals surface area contributed by atoms with Gasteiger partial charge in [0, 0.05) is 31.0 Å². The summed E-state index contributed by atoms with van der Waals surface area (Å²) in [4.78, 5) is 19.1. The third-order valence-electron chi connectivity index (χ3n) is 4.97. The predicted molar refractivity (Wildman–Crippen MR) is 113 cm³/mol. The first kappa shape index (κ1) is 20.6. The third-order valence-corrected chi connectivity index (χ3v) is 5.91. The molecular formula is C22H23FN4O2S. The molecule has 0 spiro atoms. The molecule has 1 atom stereocenters. The lowest BCUT2D eigenvalue weighted by molar-refractivity contribution is 0.0507. The van der Waals surface area contributed by atoms with Crippen molar-refractivity contribution in [1.29, 1.82) is 0 Å². The van der Waals surface area contributed by atoms with Gasteiger partial charge in [0.25, 0.3) is 5.91 Å². The maximum absolute atomic E-state index is 13.6. The molecule has 0 aliphatic carbocycles. The number of ether oxygens (including phenoxy) is 1. The Balaban J connectivity index is 1.45. The highest BCUT2D eigenvalue weighted by Crippen LogP contribution is 2.21. The number of nitrogens with zero attached hydrogens (tertiary/aromatic N) is 3. The molecule has 1 saturated heterocycles. The summed E-state index contributed by atoms with van der Waals surface area (Å²) in [6, 6.07) is 14.0. The van der Waals surface area contributed by atoms with Crippen molar-refractivity contribution < 1.29 is 13.9 Å². The third kappa shape index (κ3) is 5.46. The second-order valence-electron chi connectivity index (χ2n) is 7.23. The maximum atomic E-state index is 13.6. The van der Waals surface area contributed by atoms with Crippen LogP contribution in [0.25, 0.3) is 0 Å². The molecule has 30 heavy (non-hydrogen) atoms. The zero-order valence-corrected chi connectivity index (χ0v) is 17.3. The molecule has 8 heteroatoms. The quantitative estimate of drug-likeness (QED) is 0.550. The number of aromatic nitrogens is 3. The van der Waals surface area contributed by atoms with Gasteiger partial charge in [-0.1, -0.05) is 36.0 Å². The van der Waals surface area contributed by atoms with Crippen LogP contribution in [0.1, 0.15) is 34.3 Å². The fraction of sp³-hybridized carbons (Fsp3) is 0.318. The Morgan fingerprint density at radius 3 is 2.80 bits per heavy atom. The fourth-order valence-electron chi connectivity index (χ4n) is 3.45. The number of carbonyl (C=O) groups excluding carboxylic acids is 1. The van der Waals surface area contributed by atoms with E-state index < -0.39 is 0 Å². The van der Waals surface area contributed by atoms with Crippen LogP contribution in [0.4, 0.5) is 4.39 Å². The second kappa shape index (κ2) is 9.86. The summed E-state index contributed by atoms with van der Waals surface area (Å²) in [6.45, 7) is 1.57. The van der Waals surface area contributed by atoms with Crippen LogP contribution in [0.2, 0.25) is 0 Å². The van der Waals surface area contributed by atoms with Crippen LogP contribution < -0.4 is 0 Å². The Morgan fingerprint density at radius 2 is 2.10 bits per heavy atom. The highest BCUT2D eigenvalue weighted by atomic mass is 32.2. The van der Waals surface area contributed by atoms with Crippen LogP contribution in [0.3, 0.4) is 0 Å². The average molecular weight is 427 g/mol. The number of aromatic amines is 1. The van der Waals surface area contributed by atoms with E-state index in [-0.39, 0.29) is 17.8 Å². The van der Waals surface area contributed by atoms with Gasteiger partial charge in [-0.3, -0.25) is 9.89 Å². The fourth-order valence-corrected chi connectivity index (χ4v) is 4.19. The van der Waals surface area contributed by atoms with Gasteiger partial charge in [-0.15, -0.1) is 0 Å². The standard InChI is InChI=1S/C22H23FN4O2S/c23-19-4-1-3-17(11-19)12-27(13-20-5-2-10-29-20)21(28)18-8-6-16(7-9-18)14-30-22-24-15-25-26-22/h1,3-4,6-9,11,15,20H,2,5,10,12-14H2,(H,24,25,26). The van der Waals surface area contributed by atoms with Crippen molar-refractivity contribution in [3.05, 3.63) is 77.4 Å². The average Bonchev–Trinajstić information content (AvgIpc) is 3.46. The van der Waals surface area contributed by atoms with E-state index in [0.29, 0.717) is 18.7 Å². The van der Waals surface area contributed by atoms with Crippen molar-refractivity contribution in [2.75, 3.05) is 13.2 Å². The zero-order valence-electron chi connectivity index (χ0n) is 16.5. The van der Waals surface area contributed by atoms with Gasteiger partial charge < -0.3 is 9.64 Å². The Hall–Kier alpha value is -2.71. The van der Waals surface area contributed by atoms with E-state index in [9.17, 15) is 9.18 Å². The number of carbonyl (C=O) groups is 1. The summed E-state index contributed by atoms with van der Waals surface area (Å²) in [5, 5.41) is 7.41. The molecule has 2 aromatic carbocycles. The molecule has 0 bridgehead atoms. The lowest BCUT2D eigenvalue weighted by Crippen LogP contribution is -2.37. The number of thioether (sulfide) groups is 1. The molecule has 156 valence electrons. The van der Waals surface area contributed by atoms with Gasteiger partial charge >= 0.3 is 0 Å². The molecule has 1 fully saturated rings. The first-order chi connectivity index (χ1) is 14.7. The summed E-state index contributed by atoms with van der Waals surface area (Å²) < 4.78 is 19.4. The van der Waals surface area contributed by atoms with Crippen LogP contribution >= 0.6 is 11.8 Å². The molecule has 0 saturated carbocycles. The van der Waals surface area contributed by atoms with E-state index >= 15 is 0 Å². The largest absolute Gasteiger partial charge is 0.376 e. The SMILES string of the molecule is O=C(c1ccc(CSc2ncn[nH]2)cc1)N(Cc1cccc(F)c1)CC1CCCO1. The van der Waals surface area contributed by atoms with E-state index in [0.717, 1.165) is 41.5 Å². The first-order valence-corrected chi connectivity index (χ1v) is 10.9. The van der Waals surface area contributed by atoms with Gasteiger partial charge in [0.1, 0.15) is 12.1 Å². The molecule has 1 amide bonds. The molecule has 1 aliphatic heterocycles. The van der Waals surface area contributed by atoms with Crippen LogP contribution in [0.15, 0.2) is 60.0 Å². The molecule has 2 heterocycles. The minimum atomic E-state index is -0.300. The van der Waals surface area contributed by atoms with E-state index in [1.807, 2.05) is 30.3 Å². The predicted octanol–water partition coefficient (Wildman–Crippen LogP) is 4.06. The van der Waals surface area contributed by atoms with Crippen LogP contribution in [0.5, 0.6) is 0 Å². The Labute approximate surface area is 178 Å². The first-order valence-electron chi connectivity index (χ1n) is 9.90. The summed E-state index contributed by atoms with van der Waals surface area (Å²) in [5.74, 6) is 0.349. The Bertz CT molecular complexity index is 960. The van der Waals surface area contributed by atoms with Gasteiger partial charge in [-0.2, -0.15) is 5.10 Å². The smallest absolute Gasteiger partial charge is 0.254 e. The number of halogens is 1. The highest BCUT2D eigenvalue weighted by molar-refractivity contribution is 7.98. The number of benzene rings is 2. The molecule has 0 radical (unpaired) electrons. The van der Waals surface area contributed by atoms with Gasteiger partial charge in [0.05, 0.1) is 6.10 Å². The lowest BCUT2D eigenvalue weighted by Gasteiger charge is -2.26. The summed E-state index contributed by atoms with van der Waals surface area (Å²) in [6.07, 6.45) is 3.44. The number of amides is 1. The van der Waals surface area contributed by atoms with Crippen molar-refractivity contribution in [3.63, 3.8) is 0 Å². The van der Waals surface area contributed by atoms with E-state index in [1.54, 1.807) is 22.7 Å². The van der Waals surface area contributed by atoms with Crippen molar-refractivity contribution in [1.82, 2.24) is 20.1 Å². The van der Waals surface area contributed by atoms with Crippen LogP contribution in [-0.4, -0.2) is 45.2 Å². The van der Waals surface area contributed by atoms with E-state index in [1.165, 1.54) is 18.5 Å². The van der Waals surface area contributed by atoms with Gasteiger partial charge in [-0.05, 0) is 48.2 Å². The van der Waals surface area contributed by atoms with Crippen molar-refractivity contribution in [2.24, 2.45) is 0 Å². The number of hydrogen-bond donors (Lipinski definition) is 1. The number of rotatable bonds is 8. The molecule has 6 nitrogen and oxygen atoms in total. The molecule has 1 N–H and O–H groups in total. The zero-order chi connectivity index (χ0) is 20.8.